The fourth-order valence-corrected chi connectivity index (χ4v) is 12.0. The Morgan fingerprint density at radius 2 is 0.692 bits per heavy atom. The van der Waals surface area contributed by atoms with Gasteiger partial charge in [0, 0.05) is 39.1 Å². The van der Waals surface area contributed by atoms with Gasteiger partial charge >= 0.3 is 0 Å². The van der Waals surface area contributed by atoms with Crippen molar-refractivity contribution in [2.75, 3.05) is 4.90 Å². The molecular formula is C62H39NO2. The van der Waals surface area contributed by atoms with E-state index in [4.69, 9.17) is 9.47 Å². The maximum absolute atomic E-state index is 6.97. The van der Waals surface area contributed by atoms with Gasteiger partial charge in [0.2, 0.25) is 0 Å². The molecular weight excluding hydrogens is 791 g/mol. The fourth-order valence-electron chi connectivity index (χ4n) is 12.0. The number of hydrogen-bond acceptors (Lipinski definition) is 3. The van der Waals surface area contributed by atoms with Gasteiger partial charge in [0.05, 0.1) is 22.2 Å². The molecule has 304 valence electrons. The monoisotopic (exact) mass is 829 g/mol. The summed E-state index contributed by atoms with van der Waals surface area (Å²) in [6.07, 6.45) is 0. The SMILES string of the molecule is c1ccc(-c2ccccc2N(c2ccc3c(c2)C2(c4ccccc4O3)c3ccccc3-c3ccccc32)c2cccc3c2-c2ccccc2C32c3ccccc3Oc3ccccc32)cc1. The van der Waals surface area contributed by atoms with Gasteiger partial charge in [-0.2, -0.15) is 0 Å². The number of rotatable bonds is 4. The molecule has 3 nitrogen and oxygen atoms in total. The summed E-state index contributed by atoms with van der Waals surface area (Å²) in [5.41, 5.74) is 18.7. The number of fused-ring (bicyclic) bond motifs is 18. The van der Waals surface area contributed by atoms with Gasteiger partial charge in [-0.25, -0.2) is 0 Å². The topological polar surface area (TPSA) is 21.7 Å². The lowest BCUT2D eigenvalue weighted by molar-refractivity contribution is 0.436. The van der Waals surface area contributed by atoms with Gasteiger partial charge in [-0.1, -0.05) is 188 Å². The smallest absolute Gasteiger partial charge is 0.132 e. The van der Waals surface area contributed by atoms with E-state index in [1.165, 1.54) is 44.5 Å². The minimum absolute atomic E-state index is 0.618. The van der Waals surface area contributed by atoms with Crippen molar-refractivity contribution in [1.29, 1.82) is 0 Å². The number of ether oxygens (including phenoxy) is 2. The summed E-state index contributed by atoms with van der Waals surface area (Å²) in [7, 11) is 0. The van der Waals surface area contributed by atoms with Crippen LogP contribution >= 0.6 is 0 Å². The van der Waals surface area contributed by atoms with Crippen molar-refractivity contribution in [1.82, 2.24) is 0 Å². The largest absolute Gasteiger partial charge is 0.457 e. The van der Waals surface area contributed by atoms with E-state index in [1.54, 1.807) is 0 Å². The first-order chi connectivity index (χ1) is 32.3. The van der Waals surface area contributed by atoms with Gasteiger partial charge in [0.25, 0.3) is 0 Å². The second-order valence-corrected chi connectivity index (χ2v) is 17.4. The van der Waals surface area contributed by atoms with Gasteiger partial charge in [0.1, 0.15) is 23.0 Å². The van der Waals surface area contributed by atoms with Gasteiger partial charge < -0.3 is 14.4 Å². The molecule has 10 aromatic rings. The Bertz CT molecular complexity index is 3500. The van der Waals surface area contributed by atoms with E-state index in [0.29, 0.717) is 0 Å². The van der Waals surface area contributed by atoms with Gasteiger partial charge in [0.15, 0.2) is 0 Å². The first-order valence-electron chi connectivity index (χ1n) is 22.4. The van der Waals surface area contributed by atoms with Crippen LogP contribution in [0.3, 0.4) is 0 Å². The molecule has 10 aromatic carbocycles. The molecule has 0 radical (unpaired) electrons. The highest BCUT2D eigenvalue weighted by molar-refractivity contribution is 6.01. The lowest BCUT2D eigenvalue weighted by atomic mass is 9.66. The molecule has 0 atom stereocenters. The molecule has 4 aliphatic rings. The Morgan fingerprint density at radius 3 is 1.29 bits per heavy atom. The van der Waals surface area contributed by atoms with E-state index < -0.39 is 10.8 Å². The van der Waals surface area contributed by atoms with Crippen molar-refractivity contribution in [2.24, 2.45) is 0 Å². The molecule has 0 unspecified atom stereocenters. The van der Waals surface area contributed by atoms with Crippen LogP contribution in [0.25, 0.3) is 33.4 Å². The van der Waals surface area contributed by atoms with Crippen molar-refractivity contribution in [3.05, 3.63) is 281 Å². The second kappa shape index (κ2) is 13.6. The van der Waals surface area contributed by atoms with E-state index in [1.807, 2.05) is 0 Å². The zero-order chi connectivity index (χ0) is 42.7. The van der Waals surface area contributed by atoms with Crippen LogP contribution in [-0.4, -0.2) is 0 Å². The van der Waals surface area contributed by atoms with Crippen LogP contribution in [0.5, 0.6) is 23.0 Å². The molecule has 3 heteroatoms. The molecule has 0 N–H and O–H groups in total. The van der Waals surface area contributed by atoms with Gasteiger partial charge in [-0.15, -0.1) is 0 Å². The quantitative estimate of drug-likeness (QED) is 0.176. The number of benzene rings is 10. The molecule has 14 rings (SSSR count). The highest BCUT2D eigenvalue weighted by Crippen LogP contribution is 2.66. The summed E-state index contributed by atoms with van der Waals surface area (Å²) >= 11 is 0. The molecule has 2 spiro atoms. The highest BCUT2D eigenvalue weighted by Gasteiger charge is 2.53. The molecule has 0 saturated heterocycles. The average molecular weight is 830 g/mol. The Labute approximate surface area is 378 Å². The maximum atomic E-state index is 6.97. The van der Waals surface area contributed by atoms with Crippen molar-refractivity contribution >= 4 is 17.1 Å². The maximum Gasteiger partial charge on any atom is 0.132 e. The standard InChI is InChI=1S/C62H39NO2/c1-2-19-40(20-3-1)42-21-7-14-32-54(42)63(41-37-38-59-53(39-41)61(49-28-11-15-34-56(49)65-59)46-25-8-4-22-43(46)44-23-5-9-26-47(44)61)55-33-18-31-52-60(55)45-24-6-10-27-48(45)62(52)50-29-12-16-35-57(50)64-58-36-17-13-30-51(58)62/h1-39H. The third kappa shape index (κ3) is 4.74. The van der Waals surface area contributed by atoms with E-state index in [0.717, 1.165) is 73.4 Å². The Morgan fingerprint density at radius 1 is 0.277 bits per heavy atom. The Balaban J connectivity index is 1.09. The highest BCUT2D eigenvalue weighted by atomic mass is 16.5. The summed E-state index contributed by atoms with van der Waals surface area (Å²) in [5, 5.41) is 0. The minimum atomic E-state index is -0.622. The van der Waals surface area contributed by atoms with Crippen molar-refractivity contribution in [3.63, 3.8) is 0 Å². The van der Waals surface area contributed by atoms with Crippen LogP contribution < -0.4 is 14.4 Å². The predicted molar refractivity (Wildman–Crippen MR) is 261 cm³/mol. The zero-order valence-corrected chi connectivity index (χ0v) is 35.3. The van der Waals surface area contributed by atoms with Gasteiger partial charge in [-0.05, 0) is 93.0 Å². The normalized spacial score (nSPS) is 14.3. The van der Waals surface area contributed by atoms with Crippen molar-refractivity contribution in [2.45, 2.75) is 10.8 Å². The van der Waals surface area contributed by atoms with Crippen molar-refractivity contribution in [3.8, 4) is 56.4 Å². The van der Waals surface area contributed by atoms with E-state index in [-0.39, 0.29) is 0 Å². The second-order valence-electron chi connectivity index (χ2n) is 17.4. The van der Waals surface area contributed by atoms with E-state index >= 15 is 0 Å². The Hall–Kier alpha value is -8.40. The Kier molecular flexibility index (Phi) is 7.53. The minimum Gasteiger partial charge on any atom is -0.457 e. The molecule has 0 fully saturated rings. The number of para-hydroxylation sites is 4. The average Bonchev–Trinajstić information content (AvgIpc) is 3.84. The zero-order valence-electron chi connectivity index (χ0n) is 35.3. The summed E-state index contributed by atoms with van der Waals surface area (Å²) in [6.45, 7) is 0. The molecule has 65 heavy (non-hydrogen) atoms. The number of hydrogen-bond donors (Lipinski definition) is 0. The number of anilines is 3. The molecule has 0 saturated carbocycles. The summed E-state index contributed by atoms with van der Waals surface area (Å²) in [5.74, 6) is 3.49. The molecule has 2 heterocycles. The summed E-state index contributed by atoms with van der Waals surface area (Å²) in [6, 6.07) is 86.1. The van der Waals surface area contributed by atoms with Crippen LogP contribution in [0.2, 0.25) is 0 Å². The first-order valence-corrected chi connectivity index (χ1v) is 22.4. The summed E-state index contributed by atoms with van der Waals surface area (Å²) < 4.78 is 13.7. The molecule has 2 aliphatic heterocycles. The molecule has 0 amide bonds. The molecule has 2 aliphatic carbocycles. The molecule has 0 aromatic heterocycles. The van der Waals surface area contributed by atoms with Crippen LogP contribution in [0.4, 0.5) is 17.1 Å². The third-order valence-electron chi connectivity index (χ3n) is 14.4. The lowest BCUT2D eigenvalue weighted by Crippen LogP contribution is -2.32. The first kappa shape index (κ1) is 36.1. The number of nitrogens with zero attached hydrogens (tertiary/aromatic N) is 1. The van der Waals surface area contributed by atoms with Crippen LogP contribution in [0.1, 0.15) is 44.5 Å². The lowest BCUT2D eigenvalue weighted by Gasteiger charge is -2.40. The van der Waals surface area contributed by atoms with E-state index in [9.17, 15) is 0 Å². The predicted octanol–water partition coefficient (Wildman–Crippen LogP) is 15.8. The van der Waals surface area contributed by atoms with Crippen LogP contribution in [0, 0.1) is 0 Å². The fraction of sp³-hybridized carbons (Fsp3) is 0.0323. The van der Waals surface area contributed by atoms with Crippen molar-refractivity contribution < 1.29 is 9.47 Å². The van der Waals surface area contributed by atoms with E-state index in [2.05, 4.69) is 241 Å². The van der Waals surface area contributed by atoms with Crippen LogP contribution in [0.15, 0.2) is 237 Å². The third-order valence-corrected chi connectivity index (χ3v) is 14.4. The molecule has 0 bridgehead atoms. The summed E-state index contributed by atoms with van der Waals surface area (Å²) in [4.78, 5) is 2.51. The van der Waals surface area contributed by atoms with Crippen LogP contribution in [-0.2, 0) is 10.8 Å². The van der Waals surface area contributed by atoms with Gasteiger partial charge in [-0.3, -0.25) is 0 Å².